The van der Waals surface area contributed by atoms with Crippen molar-refractivity contribution >= 4 is 5.91 Å². The highest BCUT2D eigenvalue weighted by Gasteiger charge is 2.38. The van der Waals surface area contributed by atoms with Crippen LogP contribution in [0.2, 0.25) is 0 Å². The van der Waals surface area contributed by atoms with E-state index in [4.69, 9.17) is 4.74 Å². The van der Waals surface area contributed by atoms with Gasteiger partial charge in [0.1, 0.15) is 0 Å². The van der Waals surface area contributed by atoms with E-state index in [9.17, 15) is 4.79 Å². The Bertz CT molecular complexity index is 330. The van der Waals surface area contributed by atoms with Crippen molar-refractivity contribution in [2.45, 2.75) is 76.9 Å². The Labute approximate surface area is 123 Å². The molecular formula is C16H30N2O2. The Morgan fingerprint density at radius 1 is 1.15 bits per heavy atom. The van der Waals surface area contributed by atoms with Gasteiger partial charge in [-0.15, -0.1) is 0 Å². The molecule has 2 N–H and O–H groups in total. The van der Waals surface area contributed by atoms with Gasteiger partial charge in [0.05, 0.1) is 0 Å². The molecule has 4 nitrogen and oxygen atoms in total. The van der Waals surface area contributed by atoms with E-state index in [1.807, 2.05) is 0 Å². The third-order valence-electron chi connectivity index (χ3n) is 4.37. The van der Waals surface area contributed by atoms with Gasteiger partial charge >= 0.3 is 0 Å². The Morgan fingerprint density at radius 3 is 2.25 bits per heavy atom. The first-order valence-corrected chi connectivity index (χ1v) is 7.92. The van der Waals surface area contributed by atoms with Crippen molar-refractivity contribution in [1.82, 2.24) is 10.6 Å². The number of ether oxygens (including phenoxy) is 1. The number of nitrogens with one attached hydrogen (secondary N) is 2. The summed E-state index contributed by atoms with van der Waals surface area (Å²) in [4.78, 5) is 12.2. The van der Waals surface area contributed by atoms with Gasteiger partial charge in [-0.05, 0) is 59.3 Å². The second kappa shape index (κ2) is 6.02. The molecule has 0 atom stereocenters. The maximum atomic E-state index is 12.2. The summed E-state index contributed by atoms with van der Waals surface area (Å²) in [5.41, 5.74) is 0.163. The lowest BCUT2D eigenvalue weighted by Gasteiger charge is -2.46. The van der Waals surface area contributed by atoms with Crippen LogP contribution < -0.4 is 10.6 Å². The summed E-state index contributed by atoms with van der Waals surface area (Å²) < 4.78 is 5.35. The summed E-state index contributed by atoms with van der Waals surface area (Å²) in [6.07, 6.45) is 4.70. The molecule has 0 aliphatic carbocycles. The molecule has 0 radical (unpaired) electrons. The van der Waals surface area contributed by atoms with E-state index in [-0.39, 0.29) is 23.0 Å². The minimum absolute atomic E-state index is 0.0817. The molecule has 0 unspecified atom stereocenters. The van der Waals surface area contributed by atoms with Crippen LogP contribution in [0.4, 0.5) is 0 Å². The van der Waals surface area contributed by atoms with Crippen molar-refractivity contribution in [1.29, 1.82) is 0 Å². The summed E-state index contributed by atoms with van der Waals surface area (Å²) in [6, 6.07) is 0.286. The van der Waals surface area contributed by atoms with E-state index in [1.54, 1.807) is 0 Å². The topological polar surface area (TPSA) is 50.4 Å². The smallest absolute Gasteiger partial charge is 0.220 e. The van der Waals surface area contributed by atoms with Crippen molar-refractivity contribution in [2.75, 3.05) is 13.2 Å². The maximum absolute atomic E-state index is 12.2. The molecule has 0 aromatic rings. The van der Waals surface area contributed by atoms with E-state index >= 15 is 0 Å². The number of hydrogen-bond donors (Lipinski definition) is 2. The standard InChI is InChI=1S/C16H30N2O2/c1-15(2)10-13(11-16(3,4)18-15)17-14(19)9-12-5-7-20-8-6-12/h12-13,18H,5-11H2,1-4H3,(H,17,19). The second-order valence-electron chi connectivity index (χ2n) is 7.83. The van der Waals surface area contributed by atoms with E-state index in [1.165, 1.54) is 0 Å². The van der Waals surface area contributed by atoms with Crippen molar-refractivity contribution in [3.8, 4) is 0 Å². The zero-order valence-electron chi connectivity index (χ0n) is 13.4. The monoisotopic (exact) mass is 282 g/mol. The van der Waals surface area contributed by atoms with Gasteiger partial charge in [0.15, 0.2) is 0 Å². The number of carbonyl (C=O) groups excluding carboxylic acids is 1. The summed E-state index contributed by atoms with van der Waals surface area (Å²) >= 11 is 0. The van der Waals surface area contributed by atoms with Crippen LogP contribution in [0.1, 0.15) is 59.8 Å². The average molecular weight is 282 g/mol. The Hall–Kier alpha value is -0.610. The van der Waals surface area contributed by atoms with Crippen molar-refractivity contribution in [2.24, 2.45) is 5.92 Å². The first-order valence-electron chi connectivity index (χ1n) is 7.92. The minimum Gasteiger partial charge on any atom is -0.381 e. The lowest BCUT2D eigenvalue weighted by atomic mass is 9.79. The zero-order chi connectivity index (χ0) is 14.8. The zero-order valence-corrected chi connectivity index (χ0v) is 13.4. The number of rotatable bonds is 3. The lowest BCUT2D eigenvalue weighted by molar-refractivity contribution is -0.123. The molecule has 2 rings (SSSR count). The van der Waals surface area contributed by atoms with Crippen LogP contribution in [-0.4, -0.2) is 36.2 Å². The van der Waals surface area contributed by atoms with Crippen molar-refractivity contribution in [3.63, 3.8) is 0 Å². The van der Waals surface area contributed by atoms with Crippen molar-refractivity contribution < 1.29 is 9.53 Å². The van der Waals surface area contributed by atoms with Crippen LogP contribution >= 0.6 is 0 Å². The van der Waals surface area contributed by atoms with Gasteiger partial charge in [0.25, 0.3) is 0 Å². The van der Waals surface area contributed by atoms with Crippen LogP contribution in [0.5, 0.6) is 0 Å². The van der Waals surface area contributed by atoms with Gasteiger partial charge in [-0.1, -0.05) is 0 Å². The Kier molecular flexibility index (Phi) is 4.75. The molecule has 0 aromatic heterocycles. The quantitative estimate of drug-likeness (QED) is 0.834. The van der Waals surface area contributed by atoms with Gasteiger partial charge in [0.2, 0.25) is 5.91 Å². The molecule has 2 saturated heterocycles. The SMILES string of the molecule is CC1(C)CC(NC(=O)CC2CCOCC2)CC(C)(C)N1. The fourth-order valence-electron chi connectivity index (χ4n) is 3.92. The van der Waals surface area contributed by atoms with Crippen LogP contribution in [0, 0.1) is 5.92 Å². The number of piperidine rings is 1. The molecule has 20 heavy (non-hydrogen) atoms. The van der Waals surface area contributed by atoms with E-state index < -0.39 is 0 Å². The van der Waals surface area contributed by atoms with Gasteiger partial charge in [-0.25, -0.2) is 0 Å². The van der Waals surface area contributed by atoms with Gasteiger partial charge in [0, 0.05) is 36.8 Å². The van der Waals surface area contributed by atoms with Gasteiger partial charge in [-0.3, -0.25) is 4.79 Å². The van der Waals surface area contributed by atoms with E-state index in [0.29, 0.717) is 12.3 Å². The molecule has 2 heterocycles. The van der Waals surface area contributed by atoms with Crippen LogP contribution in [-0.2, 0) is 9.53 Å². The molecule has 0 saturated carbocycles. The first-order chi connectivity index (χ1) is 9.26. The molecule has 1 amide bonds. The number of amides is 1. The summed E-state index contributed by atoms with van der Waals surface area (Å²) in [7, 11) is 0. The largest absolute Gasteiger partial charge is 0.381 e. The third kappa shape index (κ3) is 4.74. The fraction of sp³-hybridized carbons (Fsp3) is 0.938. The summed E-state index contributed by atoms with van der Waals surface area (Å²) in [5.74, 6) is 0.724. The number of hydrogen-bond acceptors (Lipinski definition) is 3. The number of carbonyl (C=O) groups is 1. The predicted octanol–water partition coefficient (Wildman–Crippen LogP) is 2.23. The lowest BCUT2D eigenvalue weighted by Crippen LogP contribution is -2.62. The molecule has 0 bridgehead atoms. The molecule has 4 heteroatoms. The van der Waals surface area contributed by atoms with Gasteiger partial charge < -0.3 is 15.4 Å². The van der Waals surface area contributed by atoms with Crippen LogP contribution in [0.15, 0.2) is 0 Å². The predicted molar refractivity (Wildman–Crippen MR) is 80.6 cm³/mol. The highest BCUT2D eigenvalue weighted by atomic mass is 16.5. The van der Waals surface area contributed by atoms with Gasteiger partial charge in [-0.2, -0.15) is 0 Å². The Morgan fingerprint density at radius 2 is 1.70 bits per heavy atom. The van der Waals surface area contributed by atoms with Crippen LogP contribution in [0.3, 0.4) is 0 Å². The van der Waals surface area contributed by atoms with E-state index in [2.05, 4.69) is 38.3 Å². The maximum Gasteiger partial charge on any atom is 0.220 e. The summed E-state index contributed by atoms with van der Waals surface area (Å²) in [5, 5.41) is 6.91. The Balaban J connectivity index is 1.83. The highest BCUT2D eigenvalue weighted by Crippen LogP contribution is 2.28. The fourth-order valence-corrected chi connectivity index (χ4v) is 3.92. The van der Waals surface area contributed by atoms with Crippen LogP contribution in [0.25, 0.3) is 0 Å². The first kappa shape index (κ1) is 15.8. The minimum atomic E-state index is 0.0817. The molecule has 0 aromatic carbocycles. The van der Waals surface area contributed by atoms with Crippen molar-refractivity contribution in [3.05, 3.63) is 0 Å². The molecule has 116 valence electrons. The van der Waals surface area contributed by atoms with E-state index in [0.717, 1.165) is 38.9 Å². The molecular weight excluding hydrogens is 252 g/mol. The molecule has 2 aliphatic rings. The average Bonchev–Trinajstić information content (AvgIpc) is 2.25. The molecule has 0 spiro atoms. The summed E-state index contributed by atoms with van der Waals surface area (Å²) in [6.45, 7) is 10.5. The highest BCUT2D eigenvalue weighted by molar-refractivity contribution is 5.76. The second-order valence-corrected chi connectivity index (χ2v) is 7.83. The molecule has 2 aliphatic heterocycles. The normalized spacial score (nSPS) is 27.2. The molecule has 2 fully saturated rings. The third-order valence-corrected chi connectivity index (χ3v) is 4.37.